The maximum atomic E-state index is 6.39. The van der Waals surface area contributed by atoms with Crippen LogP contribution in [-0.4, -0.2) is 9.97 Å². The molecule has 2 aromatic heterocycles. The number of nitrogens with zero attached hydrogens (tertiary/aromatic N) is 2. The SMILES string of the molecule is c1ccc(-c2nc(-c3ccccc3-c3cc4ccccc4o3)cc(-c3ccccc3-c3c4ccccc4cc4c3ccc3ccccc34)n2)cc1. The van der Waals surface area contributed by atoms with Crippen molar-refractivity contribution in [1.82, 2.24) is 9.97 Å². The number of hydrogen-bond donors (Lipinski definition) is 0. The quantitative estimate of drug-likeness (QED) is 0.137. The first-order valence-corrected chi connectivity index (χ1v) is 17.2. The summed E-state index contributed by atoms with van der Waals surface area (Å²) in [5.41, 5.74) is 8.85. The Bertz CT molecular complexity index is 2890. The van der Waals surface area contributed by atoms with E-state index in [0.29, 0.717) is 5.82 Å². The van der Waals surface area contributed by atoms with Crippen molar-refractivity contribution in [1.29, 1.82) is 0 Å². The van der Waals surface area contributed by atoms with Crippen LogP contribution in [0.2, 0.25) is 0 Å². The van der Waals surface area contributed by atoms with Crippen LogP contribution in [0, 0.1) is 0 Å². The second kappa shape index (κ2) is 11.9. The zero-order chi connectivity index (χ0) is 33.7. The lowest BCUT2D eigenvalue weighted by Gasteiger charge is -2.18. The molecule has 3 nitrogen and oxygen atoms in total. The monoisotopic (exact) mass is 650 g/mol. The minimum atomic E-state index is 0.672. The molecule has 0 spiro atoms. The van der Waals surface area contributed by atoms with Gasteiger partial charge in [-0.1, -0.05) is 158 Å². The molecule has 3 heteroatoms. The van der Waals surface area contributed by atoms with Gasteiger partial charge in [-0.05, 0) is 67.7 Å². The topological polar surface area (TPSA) is 38.9 Å². The lowest BCUT2D eigenvalue weighted by molar-refractivity contribution is 0.632. The van der Waals surface area contributed by atoms with Gasteiger partial charge in [-0.3, -0.25) is 0 Å². The molecule has 10 rings (SSSR count). The second-order valence-corrected chi connectivity index (χ2v) is 12.9. The number of fused-ring (bicyclic) bond motifs is 5. The summed E-state index contributed by atoms with van der Waals surface area (Å²) in [5, 5.41) is 8.42. The van der Waals surface area contributed by atoms with Gasteiger partial charge < -0.3 is 4.42 Å². The number of rotatable bonds is 5. The van der Waals surface area contributed by atoms with Gasteiger partial charge in [-0.15, -0.1) is 0 Å². The molecule has 0 unspecified atom stereocenters. The zero-order valence-corrected chi connectivity index (χ0v) is 27.6. The highest BCUT2D eigenvalue weighted by atomic mass is 16.3. The molecule has 0 fully saturated rings. The van der Waals surface area contributed by atoms with Crippen molar-refractivity contribution < 1.29 is 4.42 Å². The lowest BCUT2D eigenvalue weighted by Crippen LogP contribution is -1.98. The Morgan fingerprint density at radius 3 is 1.71 bits per heavy atom. The summed E-state index contributed by atoms with van der Waals surface area (Å²) in [6, 6.07) is 63.8. The van der Waals surface area contributed by atoms with Crippen LogP contribution >= 0.6 is 0 Å². The normalized spacial score (nSPS) is 11.5. The number of hydrogen-bond acceptors (Lipinski definition) is 3. The Morgan fingerprint density at radius 1 is 0.353 bits per heavy atom. The Morgan fingerprint density at radius 2 is 0.941 bits per heavy atom. The van der Waals surface area contributed by atoms with Crippen molar-refractivity contribution in [2.24, 2.45) is 0 Å². The largest absolute Gasteiger partial charge is 0.456 e. The van der Waals surface area contributed by atoms with Crippen LogP contribution in [-0.2, 0) is 0 Å². The van der Waals surface area contributed by atoms with E-state index < -0.39 is 0 Å². The number of furan rings is 1. The molecular weight excluding hydrogens is 621 g/mol. The van der Waals surface area contributed by atoms with Gasteiger partial charge in [0.1, 0.15) is 11.3 Å². The van der Waals surface area contributed by atoms with Crippen molar-refractivity contribution in [2.75, 3.05) is 0 Å². The van der Waals surface area contributed by atoms with E-state index in [4.69, 9.17) is 14.4 Å². The van der Waals surface area contributed by atoms with Gasteiger partial charge in [0.25, 0.3) is 0 Å². The Balaban J connectivity index is 1.24. The van der Waals surface area contributed by atoms with E-state index in [1.807, 2.05) is 36.4 Å². The standard InChI is InChI=1S/C48H30N2O/c1-2-15-32(16-3-1)48-49-43(37-21-9-11-23-39(37)46-29-34-18-6-13-25-45(34)51-46)30-44(50-48)38-22-10-12-24-40(38)47-36-20-8-5-17-33(36)28-42-35-19-7-4-14-31(35)26-27-41(42)47/h1-30H. The lowest BCUT2D eigenvalue weighted by atomic mass is 9.87. The highest BCUT2D eigenvalue weighted by molar-refractivity contribution is 6.21. The summed E-state index contributed by atoms with van der Waals surface area (Å²) in [4.78, 5) is 10.5. The molecule has 0 N–H and O–H groups in total. The Kier molecular flexibility index (Phi) is 6.81. The predicted molar refractivity (Wildman–Crippen MR) is 212 cm³/mol. The van der Waals surface area contributed by atoms with Crippen molar-refractivity contribution in [3.05, 3.63) is 182 Å². The van der Waals surface area contributed by atoms with E-state index in [1.165, 1.54) is 37.9 Å². The minimum Gasteiger partial charge on any atom is -0.456 e. The highest BCUT2D eigenvalue weighted by Crippen LogP contribution is 2.44. The van der Waals surface area contributed by atoms with Crippen LogP contribution in [0.4, 0.5) is 0 Å². The summed E-state index contributed by atoms with van der Waals surface area (Å²) in [5.74, 6) is 1.48. The summed E-state index contributed by atoms with van der Waals surface area (Å²) >= 11 is 0. The van der Waals surface area contributed by atoms with Crippen molar-refractivity contribution in [2.45, 2.75) is 0 Å². The van der Waals surface area contributed by atoms with E-state index >= 15 is 0 Å². The van der Waals surface area contributed by atoms with Crippen molar-refractivity contribution >= 4 is 43.3 Å². The molecule has 0 amide bonds. The summed E-state index contributed by atoms with van der Waals surface area (Å²) in [7, 11) is 0. The fourth-order valence-electron chi connectivity index (χ4n) is 7.51. The molecule has 51 heavy (non-hydrogen) atoms. The van der Waals surface area contributed by atoms with Gasteiger partial charge in [0.2, 0.25) is 0 Å². The predicted octanol–water partition coefficient (Wildman–Crippen LogP) is 13.0. The maximum absolute atomic E-state index is 6.39. The van der Waals surface area contributed by atoms with Gasteiger partial charge in [-0.25, -0.2) is 9.97 Å². The average Bonchev–Trinajstić information content (AvgIpc) is 3.65. The second-order valence-electron chi connectivity index (χ2n) is 12.9. The van der Waals surface area contributed by atoms with Gasteiger partial charge in [0.15, 0.2) is 5.82 Å². The molecule has 0 aliphatic carbocycles. The van der Waals surface area contributed by atoms with E-state index in [0.717, 1.165) is 55.9 Å². The molecule has 0 saturated carbocycles. The molecule has 0 bridgehead atoms. The van der Waals surface area contributed by atoms with Crippen molar-refractivity contribution in [3.8, 4) is 56.4 Å². The summed E-state index contributed by atoms with van der Waals surface area (Å²) < 4.78 is 6.39. The third-order valence-electron chi connectivity index (χ3n) is 9.89. The van der Waals surface area contributed by atoms with Gasteiger partial charge >= 0.3 is 0 Å². The van der Waals surface area contributed by atoms with Crippen LogP contribution < -0.4 is 0 Å². The molecule has 0 atom stereocenters. The highest BCUT2D eigenvalue weighted by Gasteiger charge is 2.20. The molecule has 2 heterocycles. The van der Waals surface area contributed by atoms with Crippen LogP contribution in [0.25, 0.3) is 99.6 Å². The van der Waals surface area contributed by atoms with E-state index in [2.05, 4.69) is 146 Å². The molecule has 0 aliphatic heterocycles. The first kappa shape index (κ1) is 29.1. The third-order valence-corrected chi connectivity index (χ3v) is 9.89. The van der Waals surface area contributed by atoms with Gasteiger partial charge in [0, 0.05) is 27.6 Å². The zero-order valence-electron chi connectivity index (χ0n) is 27.6. The number of aromatic nitrogens is 2. The van der Waals surface area contributed by atoms with Crippen LogP contribution in [0.5, 0.6) is 0 Å². The first-order chi connectivity index (χ1) is 25.3. The molecular formula is C48H30N2O. The fourth-order valence-corrected chi connectivity index (χ4v) is 7.51. The van der Waals surface area contributed by atoms with E-state index in [9.17, 15) is 0 Å². The average molecular weight is 651 g/mol. The molecule has 0 radical (unpaired) electrons. The van der Waals surface area contributed by atoms with Crippen LogP contribution in [0.15, 0.2) is 186 Å². The fraction of sp³-hybridized carbons (Fsp3) is 0. The van der Waals surface area contributed by atoms with Crippen molar-refractivity contribution in [3.63, 3.8) is 0 Å². The van der Waals surface area contributed by atoms with E-state index in [-0.39, 0.29) is 0 Å². The minimum absolute atomic E-state index is 0.672. The van der Waals surface area contributed by atoms with Crippen LogP contribution in [0.1, 0.15) is 0 Å². The molecule has 0 saturated heterocycles. The number of benzene rings is 8. The molecule has 0 aliphatic rings. The molecule has 10 aromatic rings. The van der Waals surface area contributed by atoms with Gasteiger partial charge in [-0.2, -0.15) is 0 Å². The molecule has 8 aromatic carbocycles. The summed E-state index contributed by atoms with van der Waals surface area (Å²) in [6.45, 7) is 0. The smallest absolute Gasteiger partial charge is 0.160 e. The summed E-state index contributed by atoms with van der Waals surface area (Å²) in [6.07, 6.45) is 0. The Hall–Kier alpha value is -6.84. The number of para-hydroxylation sites is 1. The van der Waals surface area contributed by atoms with E-state index in [1.54, 1.807) is 0 Å². The third kappa shape index (κ3) is 4.98. The Labute approximate surface area is 295 Å². The first-order valence-electron chi connectivity index (χ1n) is 17.2. The molecule has 238 valence electrons. The van der Waals surface area contributed by atoms with Crippen LogP contribution in [0.3, 0.4) is 0 Å². The van der Waals surface area contributed by atoms with Gasteiger partial charge in [0.05, 0.1) is 11.4 Å². The maximum Gasteiger partial charge on any atom is 0.160 e.